The summed E-state index contributed by atoms with van der Waals surface area (Å²) < 4.78 is 27.1. The summed E-state index contributed by atoms with van der Waals surface area (Å²) in [6.45, 7) is 17.6. The van der Waals surface area contributed by atoms with Crippen molar-refractivity contribution < 1.29 is 33.3 Å². The number of hydrogen-bond acceptors (Lipinski definition) is 7. The molecule has 8 heteroatoms. The van der Waals surface area contributed by atoms with Gasteiger partial charge in [-0.1, -0.05) is 41.5 Å². The molecule has 0 atom stereocenters. The van der Waals surface area contributed by atoms with Crippen molar-refractivity contribution in [3.8, 4) is 0 Å². The van der Waals surface area contributed by atoms with Crippen LogP contribution in [0.25, 0.3) is 0 Å². The predicted octanol–water partition coefficient (Wildman–Crippen LogP) is 3.02. The van der Waals surface area contributed by atoms with E-state index in [1.807, 2.05) is 20.8 Å². The number of Topliss-reactive ketones (excluding diaryl/α,β-unsaturated/α-hetero) is 1. The number of rotatable bonds is 20. The Bertz CT molecular complexity index is 484. The molecule has 8 nitrogen and oxygen atoms in total. The summed E-state index contributed by atoms with van der Waals surface area (Å²) in [7, 11) is 0. The lowest BCUT2D eigenvalue weighted by Gasteiger charge is -2.17. The minimum absolute atomic E-state index is 0.0254. The van der Waals surface area contributed by atoms with Crippen LogP contribution in [0.5, 0.6) is 0 Å². The van der Waals surface area contributed by atoms with E-state index in [0.717, 1.165) is 6.42 Å². The second-order valence-corrected chi connectivity index (χ2v) is 9.90. The zero-order chi connectivity index (χ0) is 24.3. The summed E-state index contributed by atoms with van der Waals surface area (Å²) in [6, 6.07) is 0. The highest BCUT2D eigenvalue weighted by Crippen LogP contribution is 2.18. The quantitative estimate of drug-likeness (QED) is 0.279. The van der Waals surface area contributed by atoms with Gasteiger partial charge < -0.3 is 29.0 Å². The van der Waals surface area contributed by atoms with Crippen LogP contribution in [-0.4, -0.2) is 84.3 Å². The molecule has 0 fully saturated rings. The number of ether oxygens (including phenoxy) is 5. The number of amides is 1. The fourth-order valence-electron chi connectivity index (χ4n) is 2.30. The first-order chi connectivity index (χ1) is 15.0. The van der Waals surface area contributed by atoms with E-state index >= 15 is 0 Å². The van der Waals surface area contributed by atoms with Crippen LogP contribution in [0.2, 0.25) is 0 Å². The van der Waals surface area contributed by atoms with Gasteiger partial charge in [-0.05, 0) is 11.8 Å². The number of hydrogen-bond donors (Lipinski definition) is 1. The van der Waals surface area contributed by atoms with Crippen LogP contribution < -0.4 is 5.32 Å². The van der Waals surface area contributed by atoms with Crippen molar-refractivity contribution in [2.24, 2.45) is 10.8 Å². The molecule has 0 heterocycles. The molecule has 0 rings (SSSR count). The lowest BCUT2D eigenvalue weighted by molar-refractivity contribution is -0.127. The number of nitrogens with one attached hydrogen (secondary N) is 1. The summed E-state index contributed by atoms with van der Waals surface area (Å²) in [5.74, 6) is 0.177. The molecule has 0 aromatic heterocycles. The van der Waals surface area contributed by atoms with E-state index in [4.69, 9.17) is 23.7 Å². The van der Waals surface area contributed by atoms with Gasteiger partial charge in [0, 0.05) is 31.4 Å². The van der Waals surface area contributed by atoms with Crippen LogP contribution in [0.1, 0.15) is 60.8 Å². The Morgan fingerprint density at radius 1 is 0.594 bits per heavy atom. The fraction of sp³-hybridized carbons (Fsp3) is 0.917. The highest BCUT2D eigenvalue weighted by atomic mass is 16.6. The molecule has 0 saturated carbocycles. The minimum atomic E-state index is -0.310. The first kappa shape index (κ1) is 30.9. The molecule has 1 N–H and O–H groups in total. The second kappa shape index (κ2) is 18.4. The Morgan fingerprint density at radius 3 is 1.53 bits per heavy atom. The third-order valence-corrected chi connectivity index (χ3v) is 4.46. The highest BCUT2D eigenvalue weighted by Gasteiger charge is 2.20. The third kappa shape index (κ3) is 22.1. The number of carbonyl (C=O) groups is 2. The van der Waals surface area contributed by atoms with E-state index in [1.165, 1.54) is 0 Å². The molecule has 190 valence electrons. The van der Waals surface area contributed by atoms with E-state index in [9.17, 15) is 9.59 Å². The van der Waals surface area contributed by atoms with E-state index in [0.29, 0.717) is 85.5 Å². The van der Waals surface area contributed by atoms with Gasteiger partial charge in [0.1, 0.15) is 5.78 Å². The molecule has 0 bridgehead atoms. The summed E-state index contributed by atoms with van der Waals surface area (Å²) >= 11 is 0. The fourth-order valence-corrected chi connectivity index (χ4v) is 2.30. The smallest absolute Gasteiger partial charge is 0.222 e. The summed E-state index contributed by atoms with van der Waals surface area (Å²) in [5.41, 5.74) is -0.0592. The topological polar surface area (TPSA) is 92.3 Å². The van der Waals surface area contributed by atoms with Gasteiger partial charge >= 0.3 is 0 Å². The van der Waals surface area contributed by atoms with Gasteiger partial charge in [0.25, 0.3) is 0 Å². The lowest BCUT2D eigenvalue weighted by atomic mass is 9.89. The van der Waals surface area contributed by atoms with Gasteiger partial charge in [-0.15, -0.1) is 0 Å². The Kier molecular flexibility index (Phi) is 17.8. The van der Waals surface area contributed by atoms with E-state index < -0.39 is 0 Å². The Balaban J connectivity index is 3.26. The van der Waals surface area contributed by atoms with Crippen LogP contribution in [-0.2, 0) is 33.3 Å². The van der Waals surface area contributed by atoms with Crippen molar-refractivity contribution in [3.05, 3.63) is 0 Å². The molecular formula is C24H47NO7. The molecule has 0 aliphatic heterocycles. The maximum atomic E-state index is 11.7. The molecule has 0 aromatic rings. The van der Waals surface area contributed by atoms with Gasteiger partial charge in [-0.2, -0.15) is 0 Å². The molecular weight excluding hydrogens is 414 g/mol. The van der Waals surface area contributed by atoms with Gasteiger partial charge in [-0.3, -0.25) is 9.59 Å². The van der Waals surface area contributed by atoms with Crippen molar-refractivity contribution >= 4 is 11.7 Å². The number of carbonyl (C=O) groups excluding carboxylic acids is 2. The van der Waals surface area contributed by atoms with Gasteiger partial charge in [0.2, 0.25) is 5.91 Å². The van der Waals surface area contributed by atoms with Gasteiger partial charge in [-0.25, -0.2) is 0 Å². The van der Waals surface area contributed by atoms with E-state index in [2.05, 4.69) is 26.1 Å². The maximum absolute atomic E-state index is 11.7. The van der Waals surface area contributed by atoms with Crippen LogP contribution >= 0.6 is 0 Å². The van der Waals surface area contributed by atoms with Gasteiger partial charge in [0.15, 0.2) is 0 Å². The molecule has 0 saturated heterocycles. The zero-order valence-corrected chi connectivity index (χ0v) is 21.3. The molecule has 32 heavy (non-hydrogen) atoms. The standard InChI is InChI=1S/C24H47NO7/c1-23(2,3)9-13-28-12-8-22(27)25-10-14-30-16-18-32-20-19-31-17-15-29-11-7-21(26)24(4,5)6/h7-20H2,1-6H3,(H,25,27). The largest absolute Gasteiger partial charge is 0.381 e. The molecule has 0 aliphatic rings. The number of ketones is 1. The Hall–Kier alpha value is -1.06. The third-order valence-electron chi connectivity index (χ3n) is 4.46. The van der Waals surface area contributed by atoms with Crippen LogP contribution in [0.15, 0.2) is 0 Å². The van der Waals surface area contributed by atoms with Crippen molar-refractivity contribution in [1.82, 2.24) is 5.32 Å². The van der Waals surface area contributed by atoms with Crippen LogP contribution in [0.3, 0.4) is 0 Å². The SMILES string of the molecule is CC(C)(C)CCOCCC(=O)NCCOCCOCCOCCOCCC(=O)C(C)(C)C. The normalized spacial score (nSPS) is 12.2. The maximum Gasteiger partial charge on any atom is 0.222 e. The highest BCUT2D eigenvalue weighted by molar-refractivity contribution is 5.83. The average Bonchev–Trinajstić information content (AvgIpc) is 2.68. The molecule has 0 radical (unpaired) electrons. The monoisotopic (exact) mass is 461 g/mol. The zero-order valence-electron chi connectivity index (χ0n) is 21.3. The summed E-state index contributed by atoms with van der Waals surface area (Å²) in [5, 5.41) is 2.81. The first-order valence-corrected chi connectivity index (χ1v) is 11.7. The van der Waals surface area contributed by atoms with E-state index in [1.54, 1.807) is 0 Å². The lowest BCUT2D eigenvalue weighted by Crippen LogP contribution is -2.28. The van der Waals surface area contributed by atoms with Crippen molar-refractivity contribution in [2.75, 3.05) is 72.6 Å². The van der Waals surface area contributed by atoms with E-state index in [-0.39, 0.29) is 22.5 Å². The van der Waals surface area contributed by atoms with Crippen LogP contribution in [0.4, 0.5) is 0 Å². The second-order valence-electron chi connectivity index (χ2n) is 9.90. The Labute approximate surface area is 195 Å². The Morgan fingerprint density at radius 2 is 1.03 bits per heavy atom. The molecule has 1 amide bonds. The molecule has 0 aromatic carbocycles. The molecule has 0 aliphatic carbocycles. The van der Waals surface area contributed by atoms with Crippen molar-refractivity contribution in [3.63, 3.8) is 0 Å². The summed E-state index contributed by atoms with van der Waals surface area (Å²) in [6.07, 6.45) is 1.78. The van der Waals surface area contributed by atoms with Crippen molar-refractivity contribution in [2.45, 2.75) is 60.8 Å². The first-order valence-electron chi connectivity index (χ1n) is 11.7. The predicted molar refractivity (Wildman–Crippen MR) is 125 cm³/mol. The average molecular weight is 462 g/mol. The molecule has 0 spiro atoms. The van der Waals surface area contributed by atoms with Crippen LogP contribution in [0, 0.1) is 10.8 Å². The van der Waals surface area contributed by atoms with Gasteiger partial charge in [0.05, 0.1) is 59.5 Å². The van der Waals surface area contributed by atoms with Crippen molar-refractivity contribution in [1.29, 1.82) is 0 Å². The minimum Gasteiger partial charge on any atom is -0.381 e. The summed E-state index contributed by atoms with van der Waals surface area (Å²) in [4.78, 5) is 23.4. The molecule has 0 unspecified atom stereocenters.